The minimum absolute atomic E-state index is 0.226. The van der Waals surface area contributed by atoms with Gasteiger partial charge in [-0.05, 0) is 13.8 Å². The van der Waals surface area contributed by atoms with E-state index < -0.39 is 0 Å². The van der Waals surface area contributed by atoms with Gasteiger partial charge in [-0.1, -0.05) is 26.2 Å². The Bertz CT molecular complexity index is 197. The zero-order valence-electron chi connectivity index (χ0n) is 5.26. The normalized spacial score (nSPS) is 13.7. The third-order valence-electron chi connectivity index (χ3n) is 1.06. The topological polar surface area (TPSA) is 38.9 Å². The third kappa shape index (κ3) is 1.30. The fourth-order valence-corrected chi connectivity index (χ4v) is 1.01. The van der Waals surface area contributed by atoms with Crippen LogP contribution in [0, 0.1) is 6.92 Å². The van der Waals surface area contributed by atoms with Crippen LogP contribution in [0.25, 0.3) is 0 Å². The van der Waals surface area contributed by atoms with Crippen molar-refractivity contribution in [3.63, 3.8) is 0 Å². The lowest BCUT2D eigenvalue weighted by Crippen LogP contribution is -1.85. The van der Waals surface area contributed by atoms with E-state index in [1.807, 2.05) is 13.8 Å². The molecule has 0 aliphatic heterocycles. The Morgan fingerprint density at radius 3 is 2.44 bits per heavy atom. The van der Waals surface area contributed by atoms with E-state index in [1.54, 1.807) is 0 Å². The smallest absolute Gasteiger partial charge is 0.121 e. The van der Waals surface area contributed by atoms with Gasteiger partial charge in [-0.25, -0.2) is 4.63 Å². The van der Waals surface area contributed by atoms with Crippen LogP contribution in [0.4, 0.5) is 0 Å². The average molecular weight is 191 g/mol. The van der Waals surface area contributed by atoms with E-state index in [0.717, 1.165) is 11.4 Å². The first-order valence-electron chi connectivity index (χ1n) is 2.65. The van der Waals surface area contributed by atoms with Gasteiger partial charge in [0, 0.05) is 0 Å². The van der Waals surface area contributed by atoms with Crippen molar-refractivity contribution in [2.75, 3.05) is 0 Å². The lowest BCUT2D eigenvalue weighted by molar-refractivity contribution is 0.301. The quantitative estimate of drug-likeness (QED) is 0.635. The van der Waals surface area contributed by atoms with Crippen LogP contribution < -0.4 is 0 Å². The van der Waals surface area contributed by atoms with Gasteiger partial charge in [0.1, 0.15) is 11.4 Å². The molecule has 0 radical (unpaired) electrons. The molecule has 1 aromatic heterocycles. The number of rotatable bonds is 1. The maximum Gasteiger partial charge on any atom is 0.121 e. The average Bonchev–Trinajstić information content (AvgIpc) is 2.13. The van der Waals surface area contributed by atoms with Crippen molar-refractivity contribution in [2.45, 2.75) is 18.7 Å². The summed E-state index contributed by atoms with van der Waals surface area (Å²) in [4.78, 5) is 0.226. The van der Waals surface area contributed by atoms with E-state index >= 15 is 0 Å². The summed E-state index contributed by atoms with van der Waals surface area (Å²) in [5, 5.41) is 7.30. The first kappa shape index (κ1) is 6.74. The predicted molar refractivity (Wildman–Crippen MR) is 36.4 cm³/mol. The van der Waals surface area contributed by atoms with Gasteiger partial charge in [0.2, 0.25) is 0 Å². The van der Waals surface area contributed by atoms with E-state index in [4.69, 9.17) is 0 Å². The second-order valence-electron chi connectivity index (χ2n) is 1.85. The molecule has 0 fully saturated rings. The summed E-state index contributed by atoms with van der Waals surface area (Å²) in [6, 6.07) is 0. The van der Waals surface area contributed by atoms with Crippen LogP contribution in [0.2, 0.25) is 0 Å². The molecule has 0 saturated heterocycles. The van der Waals surface area contributed by atoms with Gasteiger partial charge in [0.05, 0.1) is 4.83 Å². The zero-order valence-corrected chi connectivity index (χ0v) is 6.84. The molecule has 0 aromatic carbocycles. The van der Waals surface area contributed by atoms with E-state index in [2.05, 4.69) is 30.9 Å². The molecule has 1 atom stereocenters. The largest absolute Gasteiger partial charge is 0.244 e. The number of halogens is 1. The Hall–Kier alpha value is -0.380. The van der Waals surface area contributed by atoms with E-state index in [-0.39, 0.29) is 4.83 Å². The maximum absolute atomic E-state index is 4.48. The number of nitrogens with zero attached hydrogens (tertiary/aromatic N) is 2. The van der Waals surface area contributed by atoms with Crippen LogP contribution in [0.1, 0.15) is 23.1 Å². The molecule has 3 nitrogen and oxygen atoms in total. The summed E-state index contributed by atoms with van der Waals surface area (Å²) in [5.41, 5.74) is 1.72. The lowest BCUT2D eigenvalue weighted by atomic mass is 10.3. The summed E-state index contributed by atoms with van der Waals surface area (Å²) in [5.74, 6) is 0. The predicted octanol–water partition coefficient (Wildman–Crippen LogP) is 1.83. The highest BCUT2D eigenvalue weighted by molar-refractivity contribution is 9.09. The van der Waals surface area contributed by atoms with E-state index in [0.29, 0.717) is 0 Å². The Kier molecular flexibility index (Phi) is 1.85. The van der Waals surface area contributed by atoms with Gasteiger partial charge in [-0.2, -0.15) is 0 Å². The molecule has 1 unspecified atom stereocenters. The van der Waals surface area contributed by atoms with Crippen LogP contribution in [0.15, 0.2) is 4.63 Å². The third-order valence-corrected chi connectivity index (χ3v) is 1.50. The van der Waals surface area contributed by atoms with Crippen LogP contribution in [0.5, 0.6) is 0 Å². The molecule has 0 aliphatic carbocycles. The summed E-state index contributed by atoms with van der Waals surface area (Å²) in [7, 11) is 0. The second kappa shape index (κ2) is 2.47. The van der Waals surface area contributed by atoms with Crippen molar-refractivity contribution >= 4 is 15.9 Å². The van der Waals surface area contributed by atoms with Crippen LogP contribution in [0.3, 0.4) is 0 Å². The summed E-state index contributed by atoms with van der Waals surface area (Å²) in [6.07, 6.45) is 0. The monoisotopic (exact) mass is 190 g/mol. The van der Waals surface area contributed by atoms with Crippen molar-refractivity contribution < 1.29 is 4.63 Å². The summed E-state index contributed by atoms with van der Waals surface area (Å²) < 4.78 is 4.48. The van der Waals surface area contributed by atoms with Crippen LogP contribution in [-0.2, 0) is 0 Å². The van der Waals surface area contributed by atoms with E-state index in [1.165, 1.54) is 0 Å². The molecule has 0 N–H and O–H groups in total. The molecule has 9 heavy (non-hydrogen) atoms. The highest BCUT2D eigenvalue weighted by Gasteiger charge is 2.09. The molecule has 1 aromatic rings. The molecule has 4 heteroatoms. The van der Waals surface area contributed by atoms with Crippen molar-refractivity contribution in [3.8, 4) is 0 Å². The Balaban J connectivity index is 2.94. The van der Waals surface area contributed by atoms with Crippen molar-refractivity contribution in [3.05, 3.63) is 11.4 Å². The molecule has 1 rings (SSSR count). The molecule has 0 amide bonds. The standard InChI is InChI=1S/C5H7BrN2O/c1-3(6)5-4(2)7-9-8-5/h3H,1-2H3. The Morgan fingerprint density at radius 1 is 1.56 bits per heavy atom. The Labute approximate surface area is 61.5 Å². The molecule has 0 aliphatic rings. The van der Waals surface area contributed by atoms with Gasteiger partial charge in [0.25, 0.3) is 0 Å². The minimum atomic E-state index is 0.226. The lowest BCUT2D eigenvalue weighted by Gasteiger charge is -1.92. The van der Waals surface area contributed by atoms with Crippen LogP contribution >= 0.6 is 15.9 Å². The van der Waals surface area contributed by atoms with Gasteiger partial charge in [-0.15, -0.1) is 0 Å². The Morgan fingerprint density at radius 2 is 2.22 bits per heavy atom. The highest BCUT2D eigenvalue weighted by Crippen LogP contribution is 2.20. The van der Waals surface area contributed by atoms with Gasteiger partial charge in [0.15, 0.2) is 0 Å². The molecule has 50 valence electrons. The molecule has 1 heterocycles. The van der Waals surface area contributed by atoms with Gasteiger partial charge in [-0.3, -0.25) is 0 Å². The number of hydrogen-bond acceptors (Lipinski definition) is 3. The van der Waals surface area contributed by atoms with Crippen molar-refractivity contribution in [1.82, 2.24) is 10.3 Å². The second-order valence-corrected chi connectivity index (χ2v) is 3.22. The minimum Gasteiger partial charge on any atom is -0.244 e. The fourth-order valence-electron chi connectivity index (χ4n) is 0.599. The molecule has 0 bridgehead atoms. The van der Waals surface area contributed by atoms with Gasteiger partial charge >= 0.3 is 0 Å². The van der Waals surface area contributed by atoms with Crippen molar-refractivity contribution in [2.24, 2.45) is 0 Å². The summed E-state index contributed by atoms with van der Waals surface area (Å²) in [6.45, 7) is 3.84. The first-order chi connectivity index (χ1) is 4.22. The molecule has 0 spiro atoms. The van der Waals surface area contributed by atoms with Gasteiger partial charge < -0.3 is 0 Å². The number of aromatic nitrogens is 2. The number of aryl methyl sites for hydroxylation is 1. The SMILES string of the molecule is Cc1nonc1C(C)Br. The summed E-state index contributed by atoms with van der Waals surface area (Å²) >= 11 is 3.35. The fraction of sp³-hybridized carbons (Fsp3) is 0.600. The van der Waals surface area contributed by atoms with E-state index in [9.17, 15) is 0 Å². The number of hydrogen-bond donors (Lipinski definition) is 0. The molecular weight excluding hydrogens is 184 g/mol. The highest BCUT2D eigenvalue weighted by atomic mass is 79.9. The maximum atomic E-state index is 4.48. The first-order valence-corrected chi connectivity index (χ1v) is 3.56. The van der Waals surface area contributed by atoms with Crippen molar-refractivity contribution in [1.29, 1.82) is 0 Å². The number of alkyl halides is 1. The molecule has 0 saturated carbocycles. The molecular formula is C5H7BrN2O. The van der Waals surface area contributed by atoms with Crippen LogP contribution in [-0.4, -0.2) is 10.3 Å². The zero-order chi connectivity index (χ0) is 6.85.